The van der Waals surface area contributed by atoms with Crippen molar-refractivity contribution in [1.29, 1.82) is 0 Å². The van der Waals surface area contributed by atoms with Crippen molar-refractivity contribution < 1.29 is 9.53 Å². The molecule has 1 heterocycles. The maximum absolute atomic E-state index is 13.2. The molecule has 3 aromatic carbocycles. The number of hydrogen-bond acceptors (Lipinski definition) is 5. The second-order valence-electron chi connectivity index (χ2n) is 6.39. The first-order chi connectivity index (χ1) is 14.2. The van der Waals surface area contributed by atoms with Crippen molar-refractivity contribution in [3.05, 3.63) is 84.4 Å². The zero-order chi connectivity index (χ0) is 20.1. The van der Waals surface area contributed by atoms with E-state index in [2.05, 4.69) is 0 Å². The zero-order valence-corrected chi connectivity index (χ0v) is 17.6. The molecule has 4 aromatic rings. The molecule has 0 bridgehead atoms. The number of anilines is 1. The number of thiazole rings is 1. The van der Waals surface area contributed by atoms with Crippen molar-refractivity contribution in [2.75, 3.05) is 17.8 Å². The van der Waals surface area contributed by atoms with Crippen LogP contribution >= 0.6 is 23.1 Å². The molecule has 0 spiro atoms. The van der Waals surface area contributed by atoms with Crippen molar-refractivity contribution >= 4 is 44.4 Å². The summed E-state index contributed by atoms with van der Waals surface area (Å²) in [4.78, 5) is 20.7. The van der Waals surface area contributed by atoms with Crippen LogP contribution < -0.4 is 9.64 Å². The minimum absolute atomic E-state index is 0.0359. The summed E-state index contributed by atoms with van der Waals surface area (Å²) in [5.41, 5.74) is 2.00. The number of methoxy groups -OCH3 is 1. The fourth-order valence-electron chi connectivity index (χ4n) is 2.90. The van der Waals surface area contributed by atoms with Gasteiger partial charge in [0, 0.05) is 4.90 Å². The molecule has 146 valence electrons. The highest BCUT2D eigenvalue weighted by Crippen LogP contribution is 2.31. The molecule has 29 heavy (non-hydrogen) atoms. The standard InChI is InChI=1S/C23H20N2O2S2/c1-27-18-11-13-19(14-12-18)28-16-22(26)25(15-17-7-3-2-4-8-17)23-24-20-9-5-6-10-21(20)29-23/h2-14H,15-16H2,1H3. The number of amides is 1. The highest BCUT2D eigenvalue weighted by atomic mass is 32.2. The van der Waals surface area contributed by atoms with Gasteiger partial charge in [0.2, 0.25) is 5.91 Å². The summed E-state index contributed by atoms with van der Waals surface area (Å²) in [6, 6.07) is 25.7. The fraction of sp³-hybridized carbons (Fsp3) is 0.130. The normalized spacial score (nSPS) is 10.8. The monoisotopic (exact) mass is 420 g/mol. The van der Waals surface area contributed by atoms with Gasteiger partial charge in [-0.1, -0.05) is 53.8 Å². The van der Waals surface area contributed by atoms with Gasteiger partial charge in [-0.15, -0.1) is 11.8 Å². The number of hydrogen-bond donors (Lipinski definition) is 0. The minimum Gasteiger partial charge on any atom is -0.497 e. The molecule has 0 saturated heterocycles. The van der Waals surface area contributed by atoms with Crippen LogP contribution in [0, 0.1) is 0 Å². The van der Waals surface area contributed by atoms with E-state index < -0.39 is 0 Å². The summed E-state index contributed by atoms with van der Waals surface area (Å²) in [5, 5.41) is 0.732. The lowest BCUT2D eigenvalue weighted by atomic mass is 10.2. The molecule has 1 aromatic heterocycles. The number of thioether (sulfide) groups is 1. The molecule has 0 atom stereocenters. The lowest BCUT2D eigenvalue weighted by molar-refractivity contribution is -0.116. The van der Waals surface area contributed by atoms with E-state index in [9.17, 15) is 4.79 Å². The van der Waals surface area contributed by atoms with Gasteiger partial charge < -0.3 is 4.74 Å². The molecule has 6 heteroatoms. The Bertz CT molecular complexity index is 1060. The van der Waals surface area contributed by atoms with Crippen molar-refractivity contribution in [3.8, 4) is 5.75 Å². The Morgan fingerprint density at radius 1 is 1.00 bits per heavy atom. The maximum atomic E-state index is 13.2. The van der Waals surface area contributed by atoms with Gasteiger partial charge in [-0.25, -0.2) is 4.98 Å². The van der Waals surface area contributed by atoms with Crippen LogP contribution in [0.1, 0.15) is 5.56 Å². The Kier molecular flexibility index (Phi) is 6.12. The van der Waals surface area contributed by atoms with Crippen LogP contribution in [0.5, 0.6) is 5.75 Å². The van der Waals surface area contributed by atoms with Gasteiger partial charge in [0.05, 0.1) is 29.6 Å². The van der Waals surface area contributed by atoms with Crippen LogP contribution in [0.2, 0.25) is 0 Å². The van der Waals surface area contributed by atoms with E-state index >= 15 is 0 Å². The van der Waals surface area contributed by atoms with E-state index in [0.717, 1.165) is 31.6 Å². The predicted molar refractivity (Wildman–Crippen MR) is 121 cm³/mol. The third-order valence-corrected chi connectivity index (χ3v) is 6.48. The number of ether oxygens (including phenoxy) is 1. The van der Waals surface area contributed by atoms with Crippen LogP contribution in [0.3, 0.4) is 0 Å². The highest BCUT2D eigenvalue weighted by molar-refractivity contribution is 8.00. The molecule has 1 amide bonds. The number of fused-ring (bicyclic) bond motifs is 1. The van der Waals surface area contributed by atoms with E-state index in [-0.39, 0.29) is 5.91 Å². The topological polar surface area (TPSA) is 42.4 Å². The summed E-state index contributed by atoms with van der Waals surface area (Å²) < 4.78 is 6.27. The Labute approximate surface area is 178 Å². The van der Waals surface area contributed by atoms with Crippen molar-refractivity contribution in [2.45, 2.75) is 11.4 Å². The molecule has 0 fully saturated rings. The summed E-state index contributed by atoms with van der Waals surface area (Å²) in [6.45, 7) is 0.503. The SMILES string of the molecule is COc1ccc(SCC(=O)N(Cc2ccccc2)c2nc3ccccc3s2)cc1. The van der Waals surface area contributed by atoms with Gasteiger partial charge >= 0.3 is 0 Å². The highest BCUT2D eigenvalue weighted by Gasteiger charge is 2.20. The molecule has 0 radical (unpaired) electrons. The number of aromatic nitrogens is 1. The molecule has 0 unspecified atom stereocenters. The Hall–Kier alpha value is -2.83. The van der Waals surface area contributed by atoms with Crippen LogP contribution in [0.15, 0.2) is 83.8 Å². The van der Waals surface area contributed by atoms with E-state index in [1.807, 2.05) is 78.9 Å². The molecule has 0 N–H and O–H groups in total. The quantitative estimate of drug-likeness (QED) is 0.363. The first-order valence-corrected chi connectivity index (χ1v) is 11.0. The van der Waals surface area contributed by atoms with Crippen molar-refractivity contribution in [3.63, 3.8) is 0 Å². The van der Waals surface area contributed by atoms with E-state index in [1.54, 1.807) is 23.3 Å². The van der Waals surface area contributed by atoms with Gasteiger partial charge in [0.25, 0.3) is 0 Å². The van der Waals surface area contributed by atoms with Crippen LogP contribution in [0.25, 0.3) is 10.2 Å². The third-order valence-electron chi connectivity index (χ3n) is 4.42. The number of carbonyl (C=O) groups is 1. The third kappa shape index (κ3) is 4.78. The maximum Gasteiger partial charge on any atom is 0.239 e. The molecule has 4 rings (SSSR count). The predicted octanol–water partition coefficient (Wildman–Crippen LogP) is 5.63. The van der Waals surface area contributed by atoms with Crippen LogP contribution in [0.4, 0.5) is 5.13 Å². The molecule has 0 aliphatic carbocycles. The van der Waals surface area contributed by atoms with Gasteiger partial charge in [-0.05, 0) is 42.0 Å². The number of carbonyl (C=O) groups excluding carboxylic acids is 1. The molecule has 0 aliphatic heterocycles. The first kappa shape index (κ1) is 19.5. The summed E-state index contributed by atoms with van der Waals surface area (Å²) in [6.07, 6.45) is 0. The average Bonchev–Trinajstić information content (AvgIpc) is 3.21. The first-order valence-electron chi connectivity index (χ1n) is 9.19. The number of para-hydroxylation sites is 1. The van der Waals surface area contributed by atoms with Crippen LogP contribution in [-0.4, -0.2) is 23.8 Å². The molecule has 0 saturated carbocycles. The summed E-state index contributed by atoms with van der Waals surface area (Å²) in [5.74, 6) is 1.18. The van der Waals surface area contributed by atoms with Gasteiger partial charge in [0.15, 0.2) is 5.13 Å². The minimum atomic E-state index is 0.0359. The Balaban J connectivity index is 1.55. The van der Waals surface area contributed by atoms with Crippen molar-refractivity contribution in [2.24, 2.45) is 0 Å². The number of nitrogens with zero attached hydrogens (tertiary/aromatic N) is 2. The molecule has 4 nitrogen and oxygen atoms in total. The number of benzene rings is 3. The molecule has 0 aliphatic rings. The van der Waals surface area contributed by atoms with Gasteiger partial charge in [-0.2, -0.15) is 0 Å². The van der Waals surface area contributed by atoms with Gasteiger partial charge in [-0.3, -0.25) is 9.69 Å². The average molecular weight is 421 g/mol. The second kappa shape index (κ2) is 9.11. The Morgan fingerprint density at radius 3 is 2.45 bits per heavy atom. The smallest absolute Gasteiger partial charge is 0.239 e. The summed E-state index contributed by atoms with van der Waals surface area (Å²) in [7, 11) is 1.64. The van der Waals surface area contributed by atoms with E-state index in [1.165, 1.54) is 11.8 Å². The summed E-state index contributed by atoms with van der Waals surface area (Å²) >= 11 is 3.07. The lowest BCUT2D eigenvalue weighted by Crippen LogP contribution is -2.31. The largest absolute Gasteiger partial charge is 0.497 e. The lowest BCUT2D eigenvalue weighted by Gasteiger charge is -2.20. The van der Waals surface area contributed by atoms with Gasteiger partial charge in [0.1, 0.15) is 5.75 Å². The second-order valence-corrected chi connectivity index (χ2v) is 8.45. The molecular formula is C23H20N2O2S2. The fourth-order valence-corrected chi connectivity index (χ4v) is 4.66. The number of rotatable bonds is 7. The van der Waals surface area contributed by atoms with Crippen LogP contribution in [-0.2, 0) is 11.3 Å². The molecular weight excluding hydrogens is 400 g/mol. The zero-order valence-electron chi connectivity index (χ0n) is 15.9. The van der Waals surface area contributed by atoms with E-state index in [0.29, 0.717) is 12.3 Å². The van der Waals surface area contributed by atoms with E-state index in [4.69, 9.17) is 9.72 Å². The Morgan fingerprint density at radius 2 is 1.72 bits per heavy atom. The van der Waals surface area contributed by atoms with Crippen molar-refractivity contribution in [1.82, 2.24) is 4.98 Å².